The Bertz CT molecular complexity index is 947. The van der Waals surface area contributed by atoms with Crippen LogP contribution < -0.4 is 4.31 Å². The first-order chi connectivity index (χ1) is 12.3. The van der Waals surface area contributed by atoms with Crippen LogP contribution in [0.4, 0.5) is 5.69 Å². The average molecular weight is 413 g/mol. The molecule has 0 radical (unpaired) electrons. The highest BCUT2D eigenvalue weighted by molar-refractivity contribution is 7.92. The molecule has 2 aromatic carbocycles. The van der Waals surface area contributed by atoms with Crippen LogP contribution >= 0.6 is 23.2 Å². The van der Waals surface area contributed by atoms with Gasteiger partial charge < -0.3 is 4.90 Å². The van der Waals surface area contributed by atoms with E-state index in [0.717, 1.165) is 22.5 Å². The number of nitrogens with zero attached hydrogens (tertiary/aromatic N) is 2. The number of anilines is 1. The predicted molar refractivity (Wildman–Crippen MR) is 104 cm³/mol. The molecule has 0 spiro atoms. The fourth-order valence-corrected chi connectivity index (χ4v) is 4.42. The molecule has 1 aliphatic heterocycles. The van der Waals surface area contributed by atoms with Crippen molar-refractivity contribution in [2.45, 2.75) is 13.0 Å². The summed E-state index contributed by atoms with van der Waals surface area (Å²) in [5, 5.41) is 0.575. The van der Waals surface area contributed by atoms with Gasteiger partial charge >= 0.3 is 0 Å². The summed E-state index contributed by atoms with van der Waals surface area (Å²) < 4.78 is 25.5. The molecule has 8 heteroatoms. The Balaban J connectivity index is 1.83. The molecule has 0 aliphatic carbocycles. The monoisotopic (exact) mass is 412 g/mol. The van der Waals surface area contributed by atoms with Crippen molar-refractivity contribution in [1.29, 1.82) is 0 Å². The van der Waals surface area contributed by atoms with Crippen LogP contribution in [0.15, 0.2) is 42.5 Å². The number of rotatable bonds is 4. The Labute approximate surface area is 163 Å². The highest BCUT2D eigenvalue weighted by atomic mass is 35.5. The van der Waals surface area contributed by atoms with E-state index in [9.17, 15) is 13.2 Å². The molecule has 0 saturated heterocycles. The second-order valence-electron chi connectivity index (χ2n) is 6.20. The molecule has 3 rings (SSSR count). The summed E-state index contributed by atoms with van der Waals surface area (Å²) in [6.45, 7) is 0.727. The van der Waals surface area contributed by atoms with Crippen LogP contribution in [0, 0.1) is 0 Å². The highest BCUT2D eigenvalue weighted by Gasteiger charge is 2.27. The number of hydrogen-bond donors (Lipinski definition) is 0. The molecule has 138 valence electrons. The van der Waals surface area contributed by atoms with Gasteiger partial charge in [-0.15, -0.1) is 0 Å². The lowest BCUT2D eigenvalue weighted by Crippen LogP contribution is -2.44. The van der Waals surface area contributed by atoms with Crippen LogP contribution in [-0.2, 0) is 27.8 Å². The van der Waals surface area contributed by atoms with Crippen molar-refractivity contribution in [3.63, 3.8) is 0 Å². The summed E-state index contributed by atoms with van der Waals surface area (Å²) >= 11 is 12.0. The maximum atomic E-state index is 12.8. The third-order valence-electron chi connectivity index (χ3n) is 4.34. The van der Waals surface area contributed by atoms with E-state index in [2.05, 4.69) is 0 Å². The lowest BCUT2D eigenvalue weighted by atomic mass is 10.00. The first kappa shape index (κ1) is 19.0. The van der Waals surface area contributed by atoms with E-state index in [1.54, 1.807) is 11.0 Å². The fourth-order valence-electron chi connectivity index (χ4n) is 3.00. The molecule has 0 N–H and O–H groups in total. The lowest BCUT2D eigenvalue weighted by molar-refractivity contribution is -0.130. The minimum Gasteiger partial charge on any atom is -0.336 e. The number of hydrogen-bond acceptors (Lipinski definition) is 3. The highest BCUT2D eigenvalue weighted by Crippen LogP contribution is 2.30. The van der Waals surface area contributed by atoms with Crippen molar-refractivity contribution >= 4 is 44.8 Å². The van der Waals surface area contributed by atoms with E-state index < -0.39 is 10.0 Å². The normalized spacial score (nSPS) is 14.0. The molecule has 1 heterocycles. The first-order valence-electron chi connectivity index (χ1n) is 8.03. The summed E-state index contributed by atoms with van der Waals surface area (Å²) in [5.74, 6) is -0.268. The van der Waals surface area contributed by atoms with Crippen LogP contribution in [0.3, 0.4) is 0 Å². The van der Waals surface area contributed by atoms with E-state index in [1.165, 1.54) is 17.7 Å². The van der Waals surface area contributed by atoms with Crippen LogP contribution in [0.2, 0.25) is 10.0 Å². The van der Waals surface area contributed by atoms with Gasteiger partial charge in [-0.05, 0) is 35.7 Å². The lowest BCUT2D eigenvalue weighted by Gasteiger charge is -2.31. The van der Waals surface area contributed by atoms with Crippen molar-refractivity contribution < 1.29 is 13.2 Å². The molecule has 0 fully saturated rings. The molecule has 0 unspecified atom stereocenters. The van der Waals surface area contributed by atoms with Crippen molar-refractivity contribution in [3.8, 4) is 0 Å². The zero-order chi connectivity index (χ0) is 18.9. The van der Waals surface area contributed by atoms with Gasteiger partial charge in [-0.2, -0.15) is 0 Å². The molecular formula is C18H18Cl2N2O3S. The third kappa shape index (κ3) is 4.14. The molecule has 26 heavy (non-hydrogen) atoms. The molecular weight excluding hydrogens is 395 g/mol. The van der Waals surface area contributed by atoms with Gasteiger partial charge in [-0.3, -0.25) is 9.10 Å². The zero-order valence-electron chi connectivity index (χ0n) is 14.2. The van der Waals surface area contributed by atoms with Gasteiger partial charge in [-0.25, -0.2) is 8.42 Å². The van der Waals surface area contributed by atoms with Crippen molar-refractivity contribution in [3.05, 3.63) is 63.6 Å². The summed E-state index contributed by atoms with van der Waals surface area (Å²) in [6.07, 6.45) is 1.80. The van der Waals surface area contributed by atoms with Crippen LogP contribution in [-0.4, -0.2) is 38.6 Å². The zero-order valence-corrected chi connectivity index (χ0v) is 16.5. The van der Waals surface area contributed by atoms with E-state index in [4.69, 9.17) is 23.2 Å². The molecule has 0 atom stereocenters. The maximum absolute atomic E-state index is 12.8. The summed E-state index contributed by atoms with van der Waals surface area (Å²) in [7, 11) is -3.69. The number of halogens is 2. The standard InChI is InChI=1S/C18H18Cl2N2O3S/c1-26(24,25)22(17-7-6-15(19)10-16(17)20)12-18(23)21-9-8-13-4-2-3-5-14(13)11-21/h2-7,10H,8-9,11-12H2,1H3. The number of amides is 1. The molecule has 0 saturated carbocycles. The molecule has 0 aromatic heterocycles. The average Bonchev–Trinajstić information content (AvgIpc) is 2.59. The second-order valence-corrected chi connectivity index (χ2v) is 8.95. The number of carbonyl (C=O) groups excluding carboxylic acids is 1. The SMILES string of the molecule is CS(=O)(=O)N(CC(=O)N1CCc2ccccc2C1)c1ccc(Cl)cc1Cl. The Morgan fingerprint density at radius 3 is 2.50 bits per heavy atom. The molecule has 1 amide bonds. The van der Waals surface area contributed by atoms with Crippen LogP contribution in [0.1, 0.15) is 11.1 Å². The number of benzene rings is 2. The summed E-state index contributed by atoms with van der Waals surface area (Å²) in [5.41, 5.74) is 2.55. The largest absolute Gasteiger partial charge is 0.336 e. The second kappa shape index (κ2) is 7.47. The van der Waals surface area contributed by atoms with Gasteiger partial charge in [-0.1, -0.05) is 47.5 Å². The van der Waals surface area contributed by atoms with Gasteiger partial charge in [0.25, 0.3) is 0 Å². The van der Waals surface area contributed by atoms with Crippen LogP contribution in [0.5, 0.6) is 0 Å². The van der Waals surface area contributed by atoms with Gasteiger partial charge in [0.2, 0.25) is 15.9 Å². The van der Waals surface area contributed by atoms with Gasteiger partial charge in [0.15, 0.2) is 0 Å². The van der Waals surface area contributed by atoms with Crippen molar-refractivity contribution in [2.75, 3.05) is 23.7 Å². The first-order valence-corrected chi connectivity index (χ1v) is 10.6. The van der Waals surface area contributed by atoms with Gasteiger partial charge in [0.05, 0.1) is 17.0 Å². The van der Waals surface area contributed by atoms with E-state index >= 15 is 0 Å². The predicted octanol–water partition coefficient (Wildman–Crippen LogP) is 3.34. The van der Waals surface area contributed by atoms with Crippen molar-refractivity contribution in [1.82, 2.24) is 4.90 Å². The van der Waals surface area contributed by atoms with Gasteiger partial charge in [0, 0.05) is 18.1 Å². The molecule has 0 bridgehead atoms. The minimum absolute atomic E-state index is 0.180. The van der Waals surface area contributed by atoms with E-state index in [-0.39, 0.29) is 23.2 Å². The molecule has 2 aromatic rings. The van der Waals surface area contributed by atoms with Crippen molar-refractivity contribution in [2.24, 2.45) is 0 Å². The van der Waals surface area contributed by atoms with Gasteiger partial charge in [0.1, 0.15) is 6.54 Å². The Morgan fingerprint density at radius 2 is 1.85 bits per heavy atom. The smallest absolute Gasteiger partial charge is 0.243 e. The topological polar surface area (TPSA) is 57.7 Å². The quantitative estimate of drug-likeness (QED) is 0.773. The molecule has 5 nitrogen and oxygen atoms in total. The summed E-state index contributed by atoms with van der Waals surface area (Å²) in [6, 6.07) is 12.4. The number of fused-ring (bicyclic) bond motifs is 1. The minimum atomic E-state index is -3.69. The number of sulfonamides is 1. The van der Waals surface area contributed by atoms with E-state index in [1.807, 2.05) is 24.3 Å². The van der Waals surface area contributed by atoms with E-state index in [0.29, 0.717) is 18.1 Å². The maximum Gasteiger partial charge on any atom is 0.243 e. The summed E-state index contributed by atoms with van der Waals surface area (Å²) in [4.78, 5) is 14.4. The Morgan fingerprint density at radius 1 is 1.15 bits per heavy atom. The Kier molecular flexibility index (Phi) is 5.46. The molecule has 1 aliphatic rings. The third-order valence-corrected chi connectivity index (χ3v) is 6.01. The Hall–Kier alpha value is -1.76. The number of carbonyl (C=O) groups is 1. The fraction of sp³-hybridized carbons (Fsp3) is 0.278. The van der Waals surface area contributed by atoms with Crippen LogP contribution in [0.25, 0.3) is 0 Å².